The number of nitrogens with one attached hydrogen (secondary N) is 2. The first-order valence-electron chi connectivity index (χ1n) is 10.4. The van der Waals surface area contributed by atoms with E-state index in [4.69, 9.17) is 0 Å². The lowest BCUT2D eigenvalue weighted by molar-refractivity contribution is 0.102. The van der Waals surface area contributed by atoms with Crippen molar-refractivity contribution >= 4 is 23.2 Å². The van der Waals surface area contributed by atoms with E-state index < -0.39 is 18.0 Å². The molecule has 1 fully saturated rings. The number of nitrogens with zero attached hydrogens (tertiary/aromatic N) is 5. The average Bonchev–Trinajstić information content (AvgIpc) is 2.77. The van der Waals surface area contributed by atoms with E-state index in [1.54, 1.807) is 0 Å². The second kappa shape index (κ2) is 9.36. The first-order valence-corrected chi connectivity index (χ1v) is 10.4. The summed E-state index contributed by atoms with van der Waals surface area (Å²) in [5.74, 6) is -0.798. The number of pyridine rings is 1. The minimum atomic E-state index is -0.624. The van der Waals surface area contributed by atoms with Gasteiger partial charge < -0.3 is 20.6 Å². The zero-order valence-electron chi connectivity index (χ0n) is 17.3. The summed E-state index contributed by atoms with van der Waals surface area (Å²) >= 11 is 0. The topological polar surface area (TPSA) is 107 Å². The predicted octanol–water partition coefficient (Wildman–Crippen LogP) is 1.51. The van der Waals surface area contributed by atoms with Gasteiger partial charge in [-0.15, -0.1) is 0 Å². The highest BCUT2D eigenvalue weighted by molar-refractivity contribution is 6.04. The third-order valence-electron chi connectivity index (χ3n) is 5.54. The van der Waals surface area contributed by atoms with Gasteiger partial charge in [0.15, 0.2) is 0 Å². The van der Waals surface area contributed by atoms with Gasteiger partial charge in [-0.3, -0.25) is 9.69 Å². The van der Waals surface area contributed by atoms with Crippen LogP contribution in [0.5, 0.6) is 0 Å². The Kier molecular flexibility index (Phi) is 6.38. The van der Waals surface area contributed by atoms with E-state index in [0.29, 0.717) is 30.9 Å². The number of aliphatic hydroxyl groups is 1. The van der Waals surface area contributed by atoms with Crippen LogP contribution in [0.2, 0.25) is 0 Å². The van der Waals surface area contributed by atoms with Crippen LogP contribution in [-0.2, 0) is 0 Å². The summed E-state index contributed by atoms with van der Waals surface area (Å²) in [6, 6.07) is 2.54. The van der Waals surface area contributed by atoms with E-state index in [0.717, 1.165) is 19.6 Å². The number of aliphatic hydroxyl groups excluding tert-OH is 1. The molecule has 0 spiro atoms. The Balaban J connectivity index is 1.65. The van der Waals surface area contributed by atoms with Crippen molar-refractivity contribution in [3.63, 3.8) is 0 Å². The van der Waals surface area contributed by atoms with Gasteiger partial charge in [-0.25, -0.2) is 15.0 Å². The normalized spacial score (nSPS) is 25.6. The molecule has 2 aromatic rings. The number of anilines is 3. The number of hydrogen-bond acceptors (Lipinski definition) is 8. The maximum atomic E-state index is 13.9. The average molecular weight is 427 g/mol. The van der Waals surface area contributed by atoms with Gasteiger partial charge >= 0.3 is 0 Å². The number of halogens is 1. The maximum absolute atomic E-state index is 13.9. The second-order valence-electron chi connectivity index (χ2n) is 7.74. The lowest BCUT2D eigenvalue weighted by Crippen LogP contribution is -2.46. The van der Waals surface area contributed by atoms with Gasteiger partial charge in [0.25, 0.3) is 5.91 Å². The molecule has 0 saturated carbocycles. The maximum Gasteiger partial charge on any atom is 0.274 e. The minimum Gasteiger partial charge on any atom is -0.391 e. The van der Waals surface area contributed by atoms with Crippen LogP contribution in [-0.4, -0.2) is 75.7 Å². The van der Waals surface area contributed by atoms with Crippen molar-refractivity contribution in [2.75, 3.05) is 48.3 Å². The summed E-state index contributed by atoms with van der Waals surface area (Å²) in [6.45, 7) is 5.61. The van der Waals surface area contributed by atoms with Gasteiger partial charge in [0.2, 0.25) is 11.9 Å². The molecule has 0 radical (unpaired) electrons. The van der Waals surface area contributed by atoms with Crippen molar-refractivity contribution in [2.45, 2.75) is 25.5 Å². The van der Waals surface area contributed by atoms with Gasteiger partial charge in [0.1, 0.15) is 5.69 Å². The molecule has 1 saturated heterocycles. The molecule has 2 aromatic heterocycles. The molecule has 4 bridgehead atoms. The van der Waals surface area contributed by atoms with Gasteiger partial charge in [-0.2, -0.15) is 4.39 Å². The molecular formula is C21H26FN7O2. The van der Waals surface area contributed by atoms with Crippen molar-refractivity contribution in [1.29, 1.82) is 0 Å². The van der Waals surface area contributed by atoms with Crippen molar-refractivity contribution in [1.82, 2.24) is 19.9 Å². The zero-order chi connectivity index (χ0) is 21.8. The fourth-order valence-corrected chi connectivity index (χ4v) is 3.65. The quantitative estimate of drug-likeness (QED) is 0.429. The first-order chi connectivity index (χ1) is 15.0. The summed E-state index contributed by atoms with van der Waals surface area (Å²) in [5.41, 5.74) is 1.18. The van der Waals surface area contributed by atoms with Crippen LogP contribution in [0.1, 0.15) is 23.8 Å². The molecule has 3 aliphatic rings. The SMILES string of the molecule is C[C@@H]1Nc2nccc(n2)C(=O)Nc2cnc(F)cc2N2CCN(C/C=C/C[C@H]1O)CC2. The first kappa shape index (κ1) is 21.1. The number of amides is 1. The monoisotopic (exact) mass is 427 g/mol. The van der Waals surface area contributed by atoms with Gasteiger partial charge in [-0.05, 0) is 19.4 Å². The highest BCUT2D eigenvalue weighted by Gasteiger charge is 2.22. The largest absolute Gasteiger partial charge is 0.391 e. The summed E-state index contributed by atoms with van der Waals surface area (Å²) in [4.78, 5) is 29.3. The number of fused-ring (bicyclic) bond motifs is 8. The van der Waals surface area contributed by atoms with Gasteiger partial charge in [-0.1, -0.05) is 12.2 Å². The number of piperazine rings is 1. The summed E-state index contributed by atoms with van der Waals surface area (Å²) in [6.07, 6.45) is 6.71. The molecule has 31 heavy (non-hydrogen) atoms. The third kappa shape index (κ3) is 5.15. The molecule has 9 nitrogen and oxygen atoms in total. The van der Waals surface area contributed by atoms with Crippen molar-refractivity contribution in [3.05, 3.63) is 48.3 Å². The second-order valence-corrected chi connectivity index (χ2v) is 7.74. The van der Waals surface area contributed by atoms with Crippen LogP contribution in [0.15, 0.2) is 36.7 Å². The molecule has 0 unspecified atom stereocenters. The molecule has 5 heterocycles. The minimum absolute atomic E-state index is 0.153. The zero-order valence-corrected chi connectivity index (χ0v) is 17.3. The standard InChI is InChI=1S/C21H26FN7O2/c1-14-18(30)4-2-3-7-28-8-10-29(11-9-28)17-12-19(22)24-13-16(17)26-20(31)15-5-6-23-21(25-14)27-15/h2-3,5-6,12-14,18,30H,4,7-11H2,1H3,(H,26,31)(H,23,25,27)/b3-2+/t14-,18+/m0/s1. The van der Waals surface area contributed by atoms with E-state index in [1.807, 2.05) is 17.9 Å². The van der Waals surface area contributed by atoms with Crippen LogP contribution in [0, 0.1) is 5.95 Å². The van der Waals surface area contributed by atoms with Crippen LogP contribution in [0.4, 0.5) is 21.7 Å². The lowest BCUT2D eigenvalue weighted by Gasteiger charge is -2.36. The summed E-state index contributed by atoms with van der Waals surface area (Å²) < 4.78 is 13.9. The molecule has 164 valence electrons. The molecule has 1 amide bonds. The van der Waals surface area contributed by atoms with E-state index in [1.165, 1.54) is 24.5 Å². The molecule has 3 aliphatic heterocycles. The highest BCUT2D eigenvalue weighted by atomic mass is 19.1. The van der Waals surface area contributed by atoms with E-state index in [9.17, 15) is 14.3 Å². The summed E-state index contributed by atoms with van der Waals surface area (Å²) in [7, 11) is 0. The van der Waals surface area contributed by atoms with Crippen molar-refractivity contribution in [2.24, 2.45) is 0 Å². The smallest absolute Gasteiger partial charge is 0.274 e. The third-order valence-corrected chi connectivity index (χ3v) is 5.54. The Bertz CT molecular complexity index is 962. The number of rotatable bonds is 0. The van der Waals surface area contributed by atoms with E-state index in [-0.39, 0.29) is 17.7 Å². The molecule has 5 rings (SSSR count). The Morgan fingerprint density at radius 1 is 1.19 bits per heavy atom. The molecule has 3 N–H and O–H groups in total. The van der Waals surface area contributed by atoms with E-state index >= 15 is 0 Å². The number of carbonyl (C=O) groups is 1. The summed E-state index contributed by atoms with van der Waals surface area (Å²) in [5, 5.41) is 16.3. The molecule has 0 aromatic carbocycles. The number of aromatic nitrogens is 3. The van der Waals surface area contributed by atoms with Crippen LogP contribution in [0.25, 0.3) is 0 Å². The van der Waals surface area contributed by atoms with Crippen molar-refractivity contribution < 1.29 is 14.3 Å². The Labute approximate surface area is 180 Å². The molecule has 0 aliphatic carbocycles. The molecular weight excluding hydrogens is 401 g/mol. The molecule has 10 heteroatoms. The Morgan fingerprint density at radius 3 is 2.81 bits per heavy atom. The number of hydrogen-bond donors (Lipinski definition) is 3. The Hall–Kier alpha value is -3.11. The van der Waals surface area contributed by atoms with Crippen LogP contribution >= 0.6 is 0 Å². The van der Waals surface area contributed by atoms with Gasteiger partial charge in [0.05, 0.1) is 29.7 Å². The van der Waals surface area contributed by atoms with E-state index in [2.05, 4.69) is 36.6 Å². The molecule has 2 atom stereocenters. The fraction of sp³-hybridized carbons (Fsp3) is 0.429. The highest BCUT2D eigenvalue weighted by Crippen LogP contribution is 2.27. The fourth-order valence-electron chi connectivity index (χ4n) is 3.65. The van der Waals surface area contributed by atoms with Crippen molar-refractivity contribution in [3.8, 4) is 0 Å². The number of carbonyl (C=O) groups excluding carboxylic acids is 1. The lowest BCUT2D eigenvalue weighted by atomic mass is 10.1. The predicted molar refractivity (Wildman–Crippen MR) is 116 cm³/mol. The Morgan fingerprint density at radius 2 is 2.00 bits per heavy atom. The van der Waals surface area contributed by atoms with Gasteiger partial charge in [0, 0.05) is 45.0 Å². The van der Waals surface area contributed by atoms with Crippen LogP contribution in [0.3, 0.4) is 0 Å². The van der Waals surface area contributed by atoms with Crippen LogP contribution < -0.4 is 15.5 Å².